The zero-order valence-corrected chi connectivity index (χ0v) is 19.1. The molecule has 0 radical (unpaired) electrons. The van der Waals surface area contributed by atoms with Crippen LogP contribution < -0.4 is 10.2 Å². The number of hydrogen-bond donors (Lipinski definition) is 2. The highest BCUT2D eigenvalue weighted by atomic mass is 32.1. The van der Waals surface area contributed by atoms with Crippen molar-refractivity contribution in [1.29, 1.82) is 0 Å². The average molecular weight is 420 g/mol. The Hall–Kier alpha value is -2.12. The molecule has 2 N–H and O–H groups in total. The van der Waals surface area contributed by atoms with Gasteiger partial charge < -0.3 is 20.1 Å². The van der Waals surface area contributed by atoms with E-state index >= 15 is 0 Å². The number of ether oxygens (including phenoxy) is 1. The van der Waals surface area contributed by atoms with E-state index in [2.05, 4.69) is 47.2 Å². The van der Waals surface area contributed by atoms with Crippen molar-refractivity contribution in [2.75, 3.05) is 18.1 Å². The van der Waals surface area contributed by atoms with Crippen LogP contribution in [0.3, 0.4) is 0 Å². The number of benzene rings is 1. The summed E-state index contributed by atoms with van der Waals surface area (Å²) in [5.74, 6) is 0. The van der Waals surface area contributed by atoms with Crippen molar-refractivity contribution in [3.63, 3.8) is 0 Å². The van der Waals surface area contributed by atoms with Crippen LogP contribution in [0, 0.1) is 6.92 Å². The normalized spacial score (nSPS) is 11.6. The molecule has 0 saturated carbocycles. The number of aryl methyl sites for hydroxylation is 1. The number of amides is 1. The van der Waals surface area contributed by atoms with Crippen molar-refractivity contribution in [2.24, 2.45) is 0 Å². The minimum atomic E-state index is -0.536. The largest absolute Gasteiger partial charge is 0.444 e. The lowest BCUT2D eigenvalue weighted by Gasteiger charge is -2.31. The maximum Gasteiger partial charge on any atom is 0.407 e. The fourth-order valence-corrected chi connectivity index (χ4v) is 3.88. The number of thiazole rings is 1. The van der Waals surface area contributed by atoms with Crippen LogP contribution in [0.15, 0.2) is 23.7 Å². The Bertz CT molecular complexity index is 812. The number of aliphatic hydroxyl groups is 1. The number of nitrogens with zero attached hydrogens (tertiary/aromatic N) is 2. The molecule has 0 fully saturated rings. The summed E-state index contributed by atoms with van der Waals surface area (Å²) >= 11 is 1.62. The Balaban J connectivity index is 2.35. The number of alkyl carbamates (subject to hydrolysis) is 1. The molecule has 1 amide bonds. The summed E-state index contributed by atoms with van der Waals surface area (Å²) < 4.78 is 5.37. The molecule has 0 atom stereocenters. The first-order valence-corrected chi connectivity index (χ1v) is 10.9. The summed E-state index contributed by atoms with van der Waals surface area (Å²) in [5.41, 5.74) is 5.49. The second-order valence-corrected chi connectivity index (χ2v) is 9.18. The summed E-state index contributed by atoms with van der Waals surface area (Å²) in [6.07, 6.45) is 0.248. The number of aromatic nitrogens is 1. The third-order valence-electron chi connectivity index (χ3n) is 4.40. The molecular weight excluding hydrogens is 386 g/mol. The standard InChI is InChI=1S/C22H33N3O3S/c1-15(2)25(10-7-11-26)19-12-17(20-16(3)24-14-29-20)8-9-18(19)13-23-21(27)28-22(4,5)6/h8-9,12,14-15,26H,7,10-11,13H2,1-6H3,(H,23,27). The summed E-state index contributed by atoms with van der Waals surface area (Å²) in [7, 11) is 0. The topological polar surface area (TPSA) is 74.7 Å². The van der Waals surface area contributed by atoms with Crippen molar-refractivity contribution in [3.05, 3.63) is 35.0 Å². The van der Waals surface area contributed by atoms with Gasteiger partial charge in [-0.05, 0) is 65.2 Å². The van der Waals surface area contributed by atoms with Gasteiger partial charge in [0.05, 0.1) is 16.1 Å². The van der Waals surface area contributed by atoms with Crippen LogP contribution in [0.4, 0.5) is 10.5 Å². The van der Waals surface area contributed by atoms with Crippen LogP contribution in [0.2, 0.25) is 0 Å². The van der Waals surface area contributed by atoms with E-state index in [4.69, 9.17) is 4.74 Å². The Morgan fingerprint density at radius 3 is 2.62 bits per heavy atom. The van der Waals surface area contributed by atoms with E-state index in [-0.39, 0.29) is 12.6 Å². The van der Waals surface area contributed by atoms with E-state index < -0.39 is 11.7 Å². The van der Waals surface area contributed by atoms with E-state index in [9.17, 15) is 9.90 Å². The molecule has 0 aliphatic carbocycles. The zero-order valence-electron chi connectivity index (χ0n) is 18.3. The first-order valence-electron chi connectivity index (χ1n) is 10.00. The molecule has 7 heteroatoms. The van der Waals surface area contributed by atoms with Crippen molar-refractivity contribution < 1.29 is 14.6 Å². The van der Waals surface area contributed by atoms with Crippen molar-refractivity contribution in [3.8, 4) is 10.4 Å². The number of nitrogens with one attached hydrogen (secondary N) is 1. The van der Waals surface area contributed by atoms with Gasteiger partial charge in [0, 0.05) is 31.4 Å². The maximum absolute atomic E-state index is 12.1. The third kappa shape index (κ3) is 6.72. The quantitative estimate of drug-likeness (QED) is 0.646. The minimum absolute atomic E-state index is 0.141. The molecule has 6 nitrogen and oxygen atoms in total. The molecule has 2 aromatic rings. The van der Waals surface area contributed by atoms with Gasteiger partial charge in [-0.15, -0.1) is 11.3 Å². The molecule has 0 unspecified atom stereocenters. The van der Waals surface area contributed by atoms with Crippen molar-refractivity contribution in [1.82, 2.24) is 10.3 Å². The van der Waals surface area contributed by atoms with Crippen LogP contribution >= 0.6 is 11.3 Å². The van der Waals surface area contributed by atoms with Crippen molar-refractivity contribution >= 4 is 23.1 Å². The lowest BCUT2D eigenvalue weighted by atomic mass is 10.0. The highest BCUT2D eigenvalue weighted by Gasteiger charge is 2.19. The average Bonchev–Trinajstić information content (AvgIpc) is 3.05. The summed E-state index contributed by atoms with van der Waals surface area (Å²) in [6, 6.07) is 6.53. The Morgan fingerprint density at radius 1 is 1.34 bits per heavy atom. The number of carbonyl (C=O) groups excluding carboxylic acids is 1. The Labute approximate surface area is 177 Å². The van der Waals surface area contributed by atoms with Crippen LogP contribution in [0.25, 0.3) is 10.4 Å². The van der Waals surface area contributed by atoms with Crippen LogP contribution in [-0.4, -0.2) is 41.0 Å². The van der Waals surface area contributed by atoms with Gasteiger partial charge in [-0.2, -0.15) is 0 Å². The van der Waals surface area contributed by atoms with E-state index in [1.165, 1.54) is 0 Å². The van der Waals surface area contributed by atoms with E-state index in [0.29, 0.717) is 13.0 Å². The van der Waals surface area contributed by atoms with Gasteiger partial charge in [0.1, 0.15) is 5.60 Å². The maximum atomic E-state index is 12.1. The van der Waals surface area contributed by atoms with Gasteiger partial charge in [0.15, 0.2) is 0 Å². The number of aliphatic hydroxyl groups excluding tert-OH is 1. The van der Waals surface area contributed by atoms with E-state index in [1.807, 2.05) is 33.2 Å². The fourth-order valence-electron chi connectivity index (χ4n) is 3.08. The molecule has 0 spiro atoms. The second kappa shape index (κ2) is 10.1. The molecule has 160 valence electrons. The van der Waals surface area contributed by atoms with Gasteiger partial charge in [-0.1, -0.05) is 12.1 Å². The van der Waals surface area contributed by atoms with Gasteiger partial charge in [-0.3, -0.25) is 0 Å². The van der Waals surface area contributed by atoms with Gasteiger partial charge in [0.2, 0.25) is 0 Å². The number of rotatable bonds is 8. The van der Waals surface area contributed by atoms with Crippen LogP contribution in [0.5, 0.6) is 0 Å². The SMILES string of the molecule is Cc1ncsc1-c1ccc(CNC(=O)OC(C)(C)C)c(N(CCCO)C(C)C)c1. The fraction of sp³-hybridized carbons (Fsp3) is 0.545. The monoisotopic (exact) mass is 419 g/mol. The number of hydrogen-bond acceptors (Lipinski definition) is 6. The highest BCUT2D eigenvalue weighted by molar-refractivity contribution is 7.13. The smallest absolute Gasteiger partial charge is 0.407 e. The Morgan fingerprint density at radius 2 is 2.07 bits per heavy atom. The van der Waals surface area contributed by atoms with Crippen molar-refractivity contribution in [2.45, 2.75) is 66.2 Å². The molecule has 2 rings (SSSR count). The van der Waals surface area contributed by atoms with Gasteiger partial charge in [0.25, 0.3) is 0 Å². The van der Waals surface area contributed by atoms with Gasteiger partial charge in [-0.25, -0.2) is 9.78 Å². The second-order valence-electron chi connectivity index (χ2n) is 8.33. The Kier molecular flexibility index (Phi) is 8.05. The number of anilines is 1. The summed E-state index contributed by atoms with van der Waals surface area (Å²) in [5, 5.41) is 12.2. The van der Waals surface area contributed by atoms with Crippen LogP contribution in [0.1, 0.15) is 52.3 Å². The van der Waals surface area contributed by atoms with E-state index in [1.54, 1.807) is 11.3 Å². The highest BCUT2D eigenvalue weighted by Crippen LogP contribution is 2.33. The molecule has 1 heterocycles. The molecule has 1 aromatic carbocycles. The molecule has 0 aliphatic rings. The summed E-state index contributed by atoms with van der Waals surface area (Å²) in [4.78, 5) is 19.9. The van der Waals surface area contributed by atoms with Gasteiger partial charge >= 0.3 is 6.09 Å². The first kappa shape index (κ1) is 23.2. The molecule has 0 aliphatic heterocycles. The molecular formula is C22H33N3O3S. The molecule has 0 bridgehead atoms. The molecule has 0 saturated heterocycles. The third-order valence-corrected chi connectivity index (χ3v) is 5.38. The molecule has 1 aromatic heterocycles. The minimum Gasteiger partial charge on any atom is -0.444 e. The molecule has 29 heavy (non-hydrogen) atoms. The van der Waals surface area contributed by atoms with E-state index in [0.717, 1.165) is 33.9 Å². The summed E-state index contributed by atoms with van der Waals surface area (Å²) in [6.45, 7) is 13.1. The predicted molar refractivity (Wildman–Crippen MR) is 120 cm³/mol. The zero-order chi connectivity index (χ0) is 21.6. The predicted octanol–water partition coefficient (Wildman–Crippen LogP) is 4.74. The lowest BCUT2D eigenvalue weighted by Crippen LogP contribution is -2.35. The van der Waals surface area contributed by atoms with Crippen LogP contribution in [-0.2, 0) is 11.3 Å². The first-order chi connectivity index (χ1) is 13.6. The number of carbonyl (C=O) groups is 1. The lowest BCUT2D eigenvalue weighted by molar-refractivity contribution is 0.0523.